The summed E-state index contributed by atoms with van der Waals surface area (Å²) in [6.07, 6.45) is 1.85. The highest BCUT2D eigenvalue weighted by Crippen LogP contribution is 2.15. The number of benzene rings is 1. The Bertz CT molecular complexity index is 441. The lowest BCUT2D eigenvalue weighted by Crippen LogP contribution is -3.13. The van der Waals surface area contributed by atoms with Crippen LogP contribution in [0.2, 0.25) is 0 Å². The number of ether oxygens (including phenoxy) is 2. The minimum absolute atomic E-state index is 0.0253. The van der Waals surface area contributed by atoms with Crippen LogP contribution in [0.3, 0.4) is 0 Å². The van der Waals surface area contributed by atoms with Crippen molar-refractivity contribution >= 4 is 21.9 Å². The molecular weight excluding hydrogens is 334 g/mol. The van der Waals surface area contributed by atoms with E-state index in [-0.39, 0.29) is 11.9 Å². The zero-order chi connectivity index (χ0) is 15.1. The zero-order valence-corrected chi connectivity index (χ0v) is 14.0. The Morgan fingerprint density at radius 3 is 2.57 bits per heavy atom. The van der Waals surface area contributed by atoms with Gasteiger partial charge in [-0.2, -0.15) is 0 Å². The normalized spacial score (nSPS) is 21.8. The third kappa shape index (κ3) is 5.32. The van der Waals surface area contributed by atoms with Crippen LogP contribution in [0, 0.1) is 5.92 Å². The lowest BCUT2D eigenvalue weighted by molar-refractivity contribution is -0.905. The molecule has 0 saturated carbocycles. The maximum absolute atomic E-state index is 11.7. The SMILES string of the molecule is CCOC(=O)C1CC[NH+](CCOc2ccc(Br)cc2)CC1. The molecule has 1 saturated heterocycles. The highest BCUT2D eigenvalue weighted by Gasteiger charge is 2.28. The van der Waals surface area contributed by atoms with E-state index < -0.39 is 0 Å². The van der Waals surface area contributed by atoms with Gasteiger partial charge in [0.15, 0.2) is 0 Å². The number of rotatable bonds is 6. The topological polar surface area (TPSA) is 40.0 Å². The van der Waals surface area contributed by atoms with Crippen LogP contribution in [-0.2, 0) is 9.53 Å². The van der Waals surface area contributed by atoms with Crippen LogP contribution in [0.15, 0.2) is 28.7 Å². The van der Waals surface area contributed by atoms with Gasteiger partial charge in [0.1, 0.15) is 18.9 Å². The van der Waals surface area contributed by atoms with E-state index in [0.29, 0.717) is 13.2 Å². The van der Waals surface area contributed by atoms with Gasteiger partial charge in [0.25, 0.3) is 0 Å². The van der Waals surface area contributed by atoms with Crippen molar-refractivity contribution in [2.75, 3.05) is 32.8 Å². The van der Waals surface area contributed by atoms with Crippen LogP contribution in [0.4, 0.5) is 0 Å². The van der Waals surface area contributed by atoms with E-state index in [0.717, 1.165) is 42.7 Å². The minimum atomic E-state index is -0.0253. The van der Waals surface area contributed by atoms with Gasteiger partial charge in [0, 0.05) is 17.3 Å². The summed E-state index contributed by atoms with van der Waals surface area (Å²) < 4.78 is 11.9. The third-order valence-corrected chi connectivity index (χ3v) is 4.38. The molecule has 0 bridgehead atoms. The molecule has 5 heteroatoms. The first-order valence-corrected chi connectivity index (χ1v) is 8.37. The molecule has 4 nitrogen and oxygen atoms in total. The van der Waals surface area contributed by atoms with E-state index >= 15 is 0 Å². The van der Waals surface area contributed by atoms with Crippen molar-refractivity contribution in [3.8, 4) is 5.75 Å². The van der Waals surface area contributed by atoms with Gasteiger partial charge in [-0.3, -0.25) is 4.79 Å². The van der Waals surface area contributed by atoms with Gasteiger partial charge >= 0.3 is 5.97 Å². The van der Waals surface area contributed by atoms with Crippen molar-refractivity contribution in [1.29, 1.82) is 0 Å². The molecule has 0 atom stereocenters. The molecule has 1 heterocycles. The largest absolute Gasteiger partial charge is 0.488 e. The van der Waals surface area contributed by atoms with Gasteiger partial charge in [-0.25, -0.2) is 0 Å². The lowest BCUT2D eigenvalue weighted by Gasteiger charge is -2.28. The third-order valence-electron chi connectivity index (χ3n) is 3.85. The maximum atomic E-state index is 11.7. The fourth-order valence-electron chi connectivity index (χ4n) is 2.62. The Labute approximate surface area is 134 Å². The molecule has 0 aromatic heterocycles. The number of esters is 1. The number of carbonyl (C=O) groups excluding carboxylic acids is 1. The van der Waals surface area contributed by atoms with E-state index in [1.54, 1.807) is 0 Å². The summed E-state index contributed by atoms with van der Waals surface area (Å²) >= 11 is 3.41. The second-order valence-corrected chi connectivity index (χ2v) is 6.24. The lowest BCUT2D eigenvalue weighted by atomic mass is 9.97. The first kappa shape index (κ1) is 16.3. The van der Waals surface area contributed by atoms with Crippen LogP contribution in [0.5, 0.6) is 5.75 Å². The number of likely N-dealkylation sites (tertiary alicyclic amines) is 1. The molecule has 1 N–H and O–H groups in total. The molecule has 1 aromatic carbocycles. The minimum Gasteiger partial charge on any atom is -0.488 e. The highest BCUT2D eigenvalue weighted by molar-refractivity contribution is 9.10. The fraction of sp³-hybridized carbons (Fsp3) is 0.562. The molecule has 1 aliphatic rings. The molecule has 2 rings (SSSR count). The van der Waals surface area contributed by atoms with Crippen molar-refractivity contribution in [3.05, 3.63) is 28.7 Å². The molecule has 116 valence electrons. The van der Waals surface area contributed by atoms with E-state index in [1.807, 2.05) is 31.2 Å². The van der Waals surface area contributed by atoms with Crippen LogP contribution in [-0.4, -0.2) is 38.8 Å². The van der Waals surface area contributed by atoms with E-state index in [4.69, 9.17) is 9.47 Å². The van der Waals surface area contributed by atoms with Gasteiger partial charge in [0.2, 0.25) is 0 Å². The Kier molecular flexibility index (Phi) is 6.51. The summed E-state index contributed by atoms with van der Waals surface area (Å²) in [6.45, 7) is 6.07. The Hall–Kier alpha value is -1.07. The van der Waals surface area contributed by atoms with Crippen LogP contribution >= 0.6 is 15.9 Å². The van der Waals surface area contributed by atoms with Gasteiger partial charge in [0.05, 0.1) is 25.6 Å². The molecule has 0 aliphatic carbocycles. The number of hydrogen-bond donors (Lipinski definition) is 1. The highest BCUT2D eigenvalue weighted by atomic mass is 79.9. The predicted molar refractivity (Wildman–Crippen MR) is 84.6 cm³/mol. The maximum Gasteiger partial charge on any atom is 0.309 e. The van der Waals surface area contributed by atoms with E-state index in [1.165, 1.54) is 4.90 Å². The van der Waals surface area contributed by atoms with Crippen LogP contribution in [0.25, 0.3) is 0 Å². The van der Waals surface area contributed by atoms with Crippen molar-refractivity contribution in [3.63, 3.8) is 0 Å². The van der Waals surface area contributed by atoms with E-state index in [2.05, 4.69) is 15.9 Å². The van der Waals surface area contributed by atoms with Crippen molar-refractivity contribution in [2.24, 2.45) is 5.92 Å². The molecule has 21 heavy (non-hydrogen) atoms. The number of nitrogens with one attached hydrogen (secondary N) is 1. The van der Waals surface area contributed by atoms with Gasteiger partial charge in [-0.15, -0.1) is 0 Å². The second-order valence-electron chi connectivity index (χ2n) is 5.33. The van der Waals surface area contributed by atoms with Gasteiger partial charge in [-0.1, -0.05) is 15.9 Å². The average molecular weight is 357 g/mol. The molecule has 0 amide bonds. The molecule has 1 aromatic rings. The number of quaternary nitrogens is 1. The quantitative estimate of drug-likeness (QED) is 0.788. The number of halogens is 1. The number of carbonyl (C=O) groups is 1. The second kappa shape index (κ2) is 8.39. The molecule has 1 fully saturated rings. The Morgan fingerprint density at radius 2 is 1.95 bits per heavy atom. The zero-order valence-electron chi connectivity index (χ0n) is 12.4. The molecular formula is C16H23BrNO3+. The Morgan fingerprint density at radius 1 is 1.29 bits per heavy atom. The fourth-order valence-corrected chi connectivity index (χ4v) is 2.88. The molecule has 0 spiro atoms. The first-order valence-electron chi connectivity index (χ1n) is 7.57. The van der Waals surface area contributed by atoms with Crippen LogP contribution in [0.1, 0.15) is 19.8 Å². The summed E-state index contributed by atoms with van der Waals surface area (Å²) in [7, 11) is 0. The van der Waals surface area contributed by atoms with Crippen LogP contribution < -0.4 is 9.64 Å². The summed E-state index contributed by atoms with van der Waals surface area (Å²) in [4.78, 5) is 13.2. The smallest absolute Gasteiger partial charge is 0.309 e. The summed E-state index contributed by atoms with van der Waals surface area (Å²) in [5.41, 5.74) is 0. The van der Waals surface area contributed by atoms with E-state index in [9.17, 15) is 4.79 Å². The molecule has 0 unspecified atom stereocenters. The standard InChI is InChI=1S/C16H22BrNO3/c1-2-20-16(19)13-7-9-18(10-8-13)11-12-21-15-5-3-14(17)4-6-15/h3-6,13H,2,7-12H2,1H3/p+1. The first-order chi connectivity index (χ1) is 10.2. The summed E-state index contributed by atoms with van der Waals surface area (Å²) in [5.74, 6) is 0.975. The Balaban J connectivity index is 1.65. The van der Waals surface area contributed by atoms with Gasteiger partial charge < -0.3 is 14.4 Å². The van der Waals surface area contributed by atoms with Crippen molar-refractivity contribution in [1.82, 2.24) is 0 Å². The monoisotopic (exact) mass is 356 g/mol. The number of piperidine rings is 1. The predicted octanol–water partition coefficient (Wildman–Crippen LogP) is 1.69. The van der Waals surface area contributed by atoms with Crippen molar-refractivity contribution in [2.45, 2.75) is 19.8 Å². The number of hydrogen-bond acceptors (Lipinski definition) is 3. The molecule has 0 radical (unpaired) electrons. The summed E-state index contributed by atoms with van der Waals surface area (Å²) in [5, 5.41) is 0. The average Bonchev–Trinajstić information content (AvgIpc) is 2.50. The van der Waals surface area contributed by atoms with Crippen molar-refractivity contribution < 1.29 is 19.2 Å². The summed E-state index contributed by atoms with van der Waals surface area (Å²) in [6, 6.07) is 7.89. The van der Waals surface area contributed by atoms with Gasteiger partial charge in [-0.05, 0) is 31.2 Å². The molecule has 1 aliphatic heterocycles.